The van der Waals surface area contributed by atoms with Crippen molar-refractivity contribution in [2.45, 2.75) is 37.5 Å². The van der Waals surface area contributed by atoms with Crippen molar-refractivity contribution in [1.82, 2.24) is 10.6 Å². The molecule has 162 valence electrons. The summed E-state index contributed by atoms with van der Waals surface area (Å²) in [7, 11) is 3.53. The maximum Gasteiger partial charge on any atom is 0.191 e. The maximum absolute atomic E-state index is 5.65. The number of hydrogen-bond donors (Lipinski definition) is 2. The highest BCUT2D eigenvalue weighted by Gasteiger charge is 2.34. The van der Waals surface area contributed by atoms with Crippen molar-refractivity contribution in [3.05, 3.63) is 65.7 Å². The van der Waals surface area contributed by atoms with E-state index in [0.29, 0.717) is 5.92 Å². The second-order valence-electron chi connectivity index (χ2n) is 8.07. The lowest BCUT2D eigenvalue weighted by molar-refractivity contribution is 0.0514. The molecule has 0 bridgehead atoms. The number of guanidine groups is 1. The van der Waals surface area contributed by atoms with Crippen molar-refractivity contribution in [2.75, 3.05) is 40.5 Å². The van der Waals surface area contributed by atoms with Crippen molar-refractivity contribution >= 4 is 5.96 Å². The molecule has 30 heavy (non-hydrogen) atoms. The molecule has 0 aliphatic carbocycles. The summed E-state index contributed by atoms with van der Waals surface area (Å²) in [6.45, 7) is 5.60. The molecule has 2 aromatic carbocycles. The first-order valence-corrected chi connectivity index (χ1v) is 10.9. The summed E-state index contributed by atoms with van der Waals surface area (Å²) < 4.78 is 10.9. The fourth-order valence-electron chi connectivity index (χ4n) is 4.10. The Labute approximate surface area is 180 Å². The summed E-state index contributed by atoms with van der Waals surface area (Å²) in [5.41, 5.74) is 2.79. The molecule has 1 heterocycles. The zero-order chi connectivity index (χ0) is 21.2. The molecule has 0 aromatic heterocycles. The molecule has 0 radical (unpaired) electrons. The van der Waals surface area contributed by atoms with Gasteiger partial charge >= 0.3 is 0 Å². The SMILES string of the molecule is CN=C(NCCC(C)c1ccc(OC)cc1)NCC1(c2ccccc2)CCOCC1. The number of benzene rings is 2. The number of aliphatic imine (C=N–C) groups is 1. The number of rotatable bonds is 8. The van der Waals surface area contributed by atoms with Crippen molar-refractivity contribution in [3.8, 4) is 5.75 Å². The smallest absolute Gasteiger partial charge is 0.191 e. The number of nitrogens with one attached hydrogen (secondary N) is 2. The van der Waals surface area contributed by atoms with E-state index in [1.165, 1.54) is 11.1 Å². The Balaban J connectivity index is 1.52. The second kappa shape index (κ2) is 11.0. The third kappa shape index (κ3) is 5.76. The van der Waals surface area contributed by atoms with Gasteiger partial charge in [0.25, 0.3) is 0 Å². The highest BCUT2D eigenvalue weighted by molar-refractivity contribution is 5.79. The molecule has 1 unspecified atom stereocenters. The number of hydrogen-bond acceptors (Lipinski definition) is 3. The summed E-state index contributed by atoms with van der Waals surface area (Å²) in [6.07, 6.45) is 3.08. The second-order valence-corrected chi connectivity index (χ2v) is 8.07. The molecular formula is C25H35N3O2. The van der Waals surface area contributed by atoms with Gasteiger partial charge in [0.1, 0.15) is 5.75 Å². The average Bonchev–Trinajstić information content (AvgIpc) is 2.82. The first-order chi connectivity index (χ1) is 14.7. The van der Waals surface area contributed by atoms with Gasteiger partial charge in [-0.15, -0.1) is 0 Å². The van der Waals surface area contributed by atoms with E-state index in [9.17, 15) is 0 Å². The largest absolute Gasteiger partial charge is 0.497 e. The summed E-state index contributed by atoms with van der Waals surface area (Å²) in [6, 6.07) is 19.1. The molecule has 1 aliphatic heterocycles. The summed E-state index contributed by atoms with van der Waals surface area (Å²) in [5, 5.41) is 7.06. The highest BCUT2D eigenvalue weighted by atomic mass is 16.5. The normalized spacial score (nSPS) is 17.2. The van der Waals surface area contributed by atoms with Crippen molar-refractivity contribution in [3.63, 3.8) is 0 Å². The average molecular weight is 410 g/mol. The van der Waals surface area contributed by atoms with Crippen molar-refractivity contribution in [1.29, 1.82) is 0 Å². The van der Waals surface area contributed by atoms with Crippen LogP contribution in [0.2, 0.25) is 0 Å². The van der Waals surface area contributed by atoms with E-state index in [1.54, 1.807) is 7.11 Å². The van der Waals surface area contributed by atoms with Crippen LogP contribution < -0.4 is 15.4 Å². The summed E-state index contributed by atoms with van der Waals surface area (Å²) >= 11 is 0. The van der Waals surface area contributed by atoms with Gasteiger partial charge in [-0.05, 0) is 48.4 Å². The van der Waals surface area contributed by atoms with E-state index >= 15 is 0 Å². The molecule has 3 rings (SSSR count). The van der Waals surface area contributed by atoms with E-state index < -0.39 is 0 Å². The first kappa shape index (κ1) is 22.2. The lowest BCUT2D eigenvalue weighted by Gasteiger charge is -2.38. The van der Waals surface area contributed by atoms with Gasteiger partial charge in [-0.1, -0.05) is 49.4 Å². The van der Waals surface area contributed by atoms with Crippen LogP contribution in [0.15, 0.2) is 59.6 Å². The predicted octanol–water partition coefficient (Wildman–Crippen LogP) is 4.10. The monoisotopic (exact) mass is 409 g/mol. The van der Waals surface area contributed by atoms with Crippen LogP contribution in [0.1, 0.15) is 43.2 Å². The third-order valence-corrected chi connectivity index (χ3v) is 6.21. The van der Waals surface area contributed by atoms with E-state index in [0.717, 1.165) is 57.3 Å². The molecule has 0 saturated carbocycles. The molecule has 2 N–H and O–H groups in total. The van der Waals surface area contributed by atoms with Gasteiger partial charge in [0.05, 0.1) is 7.11 Å². The molecule has 1 atom stereocenters. The standard InChI is InChI=1S/C25H35N3O2/c1-20(21-9-11-23(29-3)12-10-21)13-16-27-24(26-2)28-19-25(14-17-30-18-15-25)22-7-5-4-6-8-22/h4-12,20H,13-19H2,1-3H3,(H2,26,27,28). The van der Waals surface area contributed by atoms with Gasteiger partial charge in [0.15, 0.2) is 5.96 Å². The molecule has 0 amide bonds. The highest BCUT2D eigenvalue weighted by Crippen LogP contribution is 2.34. The number of ether oxygens (including phenoxy) is 2. The minimum absolute atomic E-state index is 0.0908. The Bertz CT molecular complexity index is 784. The van der Waals surface area contributed by atoms with Crippen LogP contribution >= 0.6 is 0 Å². The molecule has 1 aliphatic rings. The quantitative estimate of drug-likeness (QED) is 0.509. The van der Waals surface area contributed by atoms with Crippen LogP contribution in [-0.4, -0.2) is 46.4 Å². The van der Waals surface area contributed by atoms with Crippen molar-refractivity contribution in [2.24, 2.45) is 4.99 Å². The maximum atomic E-state index is 5.65. The zero-order valence-electron chi connectivity index (χ0n) is 18.5. The summed E-state index contributed by atoms with van der Waals surface area (Å²) in [4.78, 5) is 4.44. The van der Waals surface area contributed by atoms with Crippen LogP contribution in [-0.2, 0) is 10.2 Å². The fourth-order valence-corrected chi connectivity index (χ4v) is 4.10. The van der Waals surface area contributed by atoms with Crippen LogP contribution in [0.3, 0.4) is 0 Å². The Morgan fingerprint density at radius 3 is 2.40 bits per heavy atom. The van der Waals surface area contributed by atoms with E-state index in [-0.39, 0.29) is 5.41 Å². The van der Waals surface area contributed by atoms with Gasteiger partial charge in [-0.25, -0.2) is 0 Å². The predicted molar refractivity (Wildman–Crippen MR) is 124 cm³/mol. The molecule has 2 aromatic rings. The van der Waals surface area contributed by atoms with Crippen molar-refractivity contribution < 1.29 is 9.47 Å². The van der Waals surface area contributed by atoms with Crippen LogP contribution in [0, 0.1) is 0 Å². The Morgan fingerprint density at radius 2 is 1.77 bits per heavy atom. The Morgan fingerprint density at radius 1 is 1.07 bits per heavy atom. The Kier molecular flexibility index (Phi) is 8.14. The van der Waals surface area contributed by atoms with Crippen LogP contribution in [0.5, 0.6) is 5.75 Å². The molecule has 0 spiro atoms. The number of methoxy groups -OCH3 is 1. The lowest BCUT2D eigenvalue weighted by atomic mass is 9.74. The van der Waals surface area contributed by atoms with E-state index in [1.807, 2.05) is 19.2 Å². The molecule has 5 nitrogen and oxygen atoms in total. The molecule has 1 fully saturated rings. The fraction of sp³-hybridized carbons (Fsp3) is 0.480. The van der Waals surface area contributed by atoms with E-state index in [2.05, 4.69) is 65.0 Å². The van der Waals surface area contributed by atoms with E-state index in [4.69, 9.17) is 9.47 Å². The minimum Gasteiger partial charge on any atom is -0.497 e. The molecule has 5 heteroatoms. The molecular weight excluding hydrogens is 374 g/mol. The first-order valence-electron chi connectivity index (χ1n) is 10.9. The minimum atomic E-state index is 0.0908. The Hall–Kier alpha value is -2.53. The molecule has 1 saturated heterocycles. The summed E-state index contributed by atoms with van der Waals surface area (Å²) in [5.74, 6) is 2.22. The van der Waals surface area contributed by atoms with Crippen LogP contribution in [0.25, 0.3) is 0 Å². The van der Waals surface area contributed by atoms with Gasteiger partial charge in [-0.2, -0.15) is 0 Å². The topological polar surface area (TPSA) is 54.9 Å². The lowest BCUT2D eigenvalue weighted by Crippen LogP contribution is -2.48. The number of nitrogens with zero attached hydrogens (tertiary/aromatic N) is 1. The van der Waals surface area contributed by atoms with Gasteiger partial charge in [-0.3, -0.25) is 4.99 Å². The van der Waals surface area contributed by atoms with Crippen LogP contribution in [0.4, 0.5) is 0 Å². The van der Waals surface area contributed by atoms with Gasteiger partial charge in [0, 0.05) is 38.8 Å². The van der Waals surface area contributed by atoms with Gasteiger partial charge < -0.3 is 20.1 Å². The zero-order valence-corrected chi connectivity index (χ0v) is 18.5. The third-order valence-electron chi connectivity index (χ3n) is 6.21. The van der Waals surface area contributed by atoms with Gasteiger partial charge in [0.2, 0.25) is 0 Å².